The van der Waals surface area contributed by atoms with E-state index in [1.807, 2.05) is 0 Å². The number of benzene rings is 1. The fraction of sp³-hybridized carbons (Fsp3) is 0.250. The van der Waals surface area contributed by atoms with E-state index in [1.165, 1.54) is 18.2 Å². The molecule has 18 heavy (non-hydrogen) atoms. The lowest BCUT2D eigenvalue weighted by Crippen LogP contribution is -2.06. The summed E-state index contributed by atoms with van der Waals surface area (Å²) in [5.74, 6) is -0.455. The molecule has 1 atom stereocenters. The van der Waals surface area contributed by atoms with E-state index in [1.54, 1.807) is 18.2 Å². The molecule has 1 fully saturated rings. The molecule has 1 aromatic rings. The van der Waals surface area contributed by atoms with Gasteiger partial charge in [-0.05, 0) is 23.8 Å². The third-order valence-electron chi connectivity index (χ3n) is 2.33. The molecule has 1 aliphatic heterocycles. The number of nitro benzene ring substituents is 1. The van der Waals surface area contributed by atoms with Gasteiger partial charge in [-0.1, -0.05) is 0 Å². The zero-order valence-electron chi connectivity index (χ0n) is 9.44. The summed E-state index contributed by atoms with van der Waals surface area (Å²) < 4.78 is 9.78. The van der Waals surface area contributed by atoms with E-state index >= 15 is 0 Å². The van der Waals surface area contributed by atoms with Crippen LogP contribution in [-0.4, -0.2) is 30.2 Å². The van der Waals surface area contributed by atoms with Crippen molar-refractivity contribution in [2.24, 2.45) is 0 Å². The summed E-state index contributed by atoms with van der Waals surface area (Å²) in [6.07, 6.45) is 2.87. The molecule has 1 aliphatic rings. The van der Waals surface area contributed by atoms with E-state index in [2.05, 4.69) is 0 Å². The van der Waals surface area contributed by atoms with Gasteiger partial charge in [0.1, 0.15) is 12.7 Å². The fourth-order valence-corrected chi connectivity index (χ4v) is 1.26. The fourth-order valence-electron chi connectivity index (χ4n) is 1.26. The Bertz CT molecular complexity index is 476. The molecule has 94 valence electrons. The molecule has 0 N–H and O–H groups in total. The normalized spacial score (nSPS) is 17.7. The Morgan fingerprint density at radius 1 is 1.50 bits per heavy atom. The van der Waals surface area contributed by atoms with Crippen LogP contribution in [-0.2, 0) is 14.3 Å². The van der Waals surface area contributed by atoms with Crippen LogP contribution in [0.5, 0.6) is 0 Å². The second kappa shape index (κ2) is 5.42. The van der Waals surface area contributed by atoms with Crippen molar-refractivity contribution in [1.29, 1.82) is 0 Å². The summed E-state index contributed by atoms with van der Waals surface area (Å²) in [5.41, 5.74) is 0.709. The van der Waals surface area contributed by atoms with Crippen LogP contribution in [0.15, 0.2) is 30.3 Å². The van der Waals surface area contributed by atoms with Gasteiger partial charge in [-0.25, -0.2) is 4.79 Å². The number of esters is 1. The smallest absolute Gasteiger partial charge is 0.330 e. The van der Waals surface area contributed by atoms with Gasteiger partial charge in [0.05, 0.1) is 11.5 Å². The number of ether oxygens (including phenoxy) is 2. The number of hydrogen-bond donors (Lipinski definition) is 0. The molecule has 6 heteroatoms. The van der Waals surface area contributed by atoms with Crippen LogP contribution in [0.25, 0.3) is 6.08 Å². The van der Waals surface area contributed by atoms with E-state index in [0.29, 0.717) is 12.2 Å². The highest BCUT2D eigenvalue weighted by molar-refractivity contribution is 5.87. The van der Waals surface area contributed by atoms with E-state index in [0.717, 1.165) is 0 Å². The van der Waals surface area contributed by atoms with Crippen LogP contribution in [0, 0.1) is 10.1 Å². The Morgan fingerprint density at radius 3 is 2.72 bits per heavy atom. The van der Waals surface area contributed by atoms with E-state index in [9.17, 15) is 14.9 Å². The van der Waals surface area contributed by atoms with Gasteiger partial charge in [-0.15, -0.1) is 0 Å². The van der Waals surface area contributed by atoms with Crippen LogP contribution >= 0.6 is 0 Å². The number of nitrogens with zero attached hydrogens (tertiary/aromatic N) is 1. The van der Waals surface area contributed by atoms with Gasteiger partial charge in [0.15, 0.2) is 0 Å². The summed E-state index contributed by atoms with van der Waals surface area (Å²) in [6.45, 7) is 0.906. The van der Waals surface area contributed by atoms with Gasteiger partial charge in [-0.2, -0.15) is 0 Å². The molecule has 1 unspecified atom stereocenters. The third-order valence-corrected chi connectivity index (χ3v) is 2.33. The molecule has 0 saturated carbocycles. The quantitative estimate of drug-likeness (QED) is 0.260. The minimum atomic E-state index is -0.475. The van der Waals surface area contributed by atoms with E-state index < -0.39 is 10.9 Å². The first kappa shape index (κ1) is 12.3. The number of carbonyl (C=O) groups is 1. The van der Waals surface area contributed by atoms with Gasteiger partial charge >= 0.3 is 5.97 Å². The van der Waals surface area contributed by atoms with Crippen molar-refractivity contribution < 1.29 is 19.2 Å². The zero-order valence-corrected chi connectivity index (χ0v) is 9.44. The molecule has 1 heterocycles. The predicted octanol–water partition coefficient (Wildman–Crippen LogP) is 1.55. The topological polar surface area (TPSA) is 82.0 Å². The molecule has 2 rings (SSSR count). The van der Waals surface area contributed by atoms with Crippen molar-refractivity contribution >= 4 is 17.7 Å². The summed E-state index contributed by atoms with van der Waals surface area (Å²) in [4.78, 5) is 21.2. The number of epoxide rings is 1. The lowest BCUT2D eigenvalue weighted by molar-refractivity contribution is -0.384. The second-order valence-corrected chi connectivity index (χ2v) is 3.77. The van der Waals surface area contributed by atoms with Crippen LogP contribution in [0.2, 0.25) is 0 Å². The van der Waals surface area contributed by atoms with Crippen LogP contribution in [0.1, 0.15) is 5.56 Å². The molecular weight excluding hydrogens is 238 g/mol. The molecule has 0 aromatic heterocycles. The minimum Gasteiger partial charge on any atom is -0.460 e. The first-order valence-corrected chi connectivity index (χ1v) is 5.36. The molecule has 1 saturated heterocycles. The maximum Gasteiger partial charge on any atom is 0.330 e. The highest BCUT2D eigenvalue weighted by Gasteiger charge is 2.23. The summed E-state index contributed by atoms with van der Waals surface area (Å²) in [6, 6.07) is 5.88. The predicted molar refractivity (Wildman–Crippen MR) is 62.8 cm³/mol. The van der Waals surface area contributed by atoms with Crippen LogP contribution in [0.4, 0.5) is 5.69 Å². The summed E-state index contributed by atoms with van der Waals surface area (Å²) in [5, 5.41) is 10.4. The van der Waals surface area contributed by atoms with Crippen LogP contribution < -0.4 is 0 Å². The number of non-ortho nitro benzene ring substituents is 1. The average Bonchev–Trinajstić information content (AvgIpc) is 3.18. The SMILES string of the molecule is O=C(/C=C/c1ccc([N+](=O)[O-])cc1)OCC1CO1. The number of carbonyl (C=O) groups excluding carboxylic acids is 1. The zero-order chi connectivity index (χ0) is 13.0. The van der Waals surface area contributed by atoms with Gasteiger partial charge in [-0.3, -0.25) is 10.1 Å². The van der Waals surface area contributed by atoms with Crippen molar-refractivity contribution in [2.75, 3.05) is 13.2 Å². The largest absolute Gasteiger partial charge is 0.460 e. The lowest BCUT2D eigenvalue weighted by Gasteiger charge is -1.97. The van der Waals surface area contributed by atoms with Gasteiger partial charge in [0.2, 0.25) is 0 Å². The first-order valence-electron chi connectivity index (χ1n) is 5.36. The van der Waals surface area contributed by atoms with Crippen molar-refractivity contribution in [3.05, 3.63) is 46.0 Å². The van der Waals surface area contributed by atoms with Gasteiger partial charge < -0.3 is 9.47 Å². The van der Waals surface area contributed by atoms with Gasteiger partial charge in [0, 0.05) is 18.2 Å². The highest BCUT2D eigenvalue weighted by atomic mass is 16.6. The van der Waals surface area contributed by atoms with Crippen molar-refractivity contribution in [2.45, 2.75) is 6.10 Å². The molecule has 0 radical (unpaired) electrons. The molecule has 0 amide bonds. The standard InChI is InChI=1S/C12H11NO5/c14-12(18-8-11-7-17-11)6-3-9-1-4-10(5-2-9)13(15)16/h1-6,11H,7-8H2/b6-3+. The highest BCUT2D eigenvalue weighted by Crippen LogP contribution is 2.13. The monoisotopic (exact) mass is 249 g/mol. The molecule has 0 aliphatic carbocycles. The average molecular weight is 249 g/mol. The lowest BCUT2D eigenvalue weighted by atomic mass is 10.2. The minimum absolute atomic E-state index is 0.0145. The van der Waals surface area contributed by atoms with E-state index in [4.69, 9.17) is 9.47 Å². The molecule has 0 bridgehead atoms. The Morgan fingerprint density at radius 2 is 2.17 bits per heavy atom. The maximum atomic E-state index is 11.3. The Kier molecular flexibility index (Phi) is 3.69. The summed E-state index contributed by atoms with van der Waals surface area (Å²) in [7, 11) is 0. The van der Waals surface area contributed by atoms with Crippen molar-refractivity contribution in [3.63, 3.8) is 0 Å². The first-order chi connectivity index (χ1) is 8.65. The Labute approximate surface area is 103 Å². The second-order valence-electron chi connectivity index (χ2n) is 3.77. The Hall–Kier alpha value is -2.21. The summed E-state index contributed by atoms with van der Waals surface area (Å²) >= 11 is 0. The number of nitro groups is 1. The Balaban J connectivity index is 1.86. The number of hydrogen-bond acceptors (Lipinski definition) is 5. The van der Waals surface area contributed by atoms with E-state index in [-0.39, 0.29) is 18.4 Å². The third kappa shape index (κ3) is 3.67. The number of rotatable bonds is 5. The molecule has 1 aromatic carbocycles. The maximum absolute atomic E-state index is 11.3. The van der Waals surface area contributed by atoms with Crippen molar-refractivity contribution in [3.8, 4) is 0 Å². The molecular formula is C12H11NO5. The molecule has 6 nitrogen and oxygen atoms in total. The van der Waals surface area contributed by atoms with Crippen LogP contribution in [0.3, 0.4) is 0 Å². The van der Waals surface area contributed by atoms with Gasteiger partial charge in [0.25, 0.3) is 5.69 Å². The van der Waals surface area contributed by atoms with Crippen molar-refractivity contribution in [1.82, 2.24) is 0 Å². The molecule has 0 spiro atoms.